The highest BCUT2D eigenvalue weighted by atomic mass is 32.2. The van der Waals surface area contributed by atoms with Crippen LogP contribution in [-0.4, -0.2) is 83.0 Å². The molecule has 4 N–H and O–H groups in total. The molecule has 3 rings (SSSR count). The lowest BCUT2D eigenvalue weighted by Crippen LogP contribution is -2.67. The van der Waals surface area contributed by atoms with E-state index in [1.165, 1.54) is 16.4 Å². The van der Waals surface area contributed by atoms with Crippen LogP contribution < -0.4 is 5.73 Å². The topological polar surface area (TPSA) is 150 Å². The third-order valence-electron chi connectivity index (χ3n) is 5.83. The molecule has 172 valence electrons. The summed E-state index contributed by atoms with van der Waals surface area (Å²) in [6, 6.07) is 4.97. The maximum atomic E-state index is 13.1. The molecule has 2 aliphatic rings. The molecule has 1 aromatic rings. The van der Waals surface area contributed by atoms with E-state index in [2.05, 4.69) is 0 Å². The number of β-amino-alcohol motifs (C(OH)–C–C–N with tert-alkyl or cyclic N) is 1. The largest absolute Gasteiger partial charge is 0.479 e. The zero-order valence-electron chi connectivity index (χ0n) is 16.8. The van der Waals surface area contributed by atoms with Gasteiger partial charge in [-0.1, -0.05) is 12.1 Å². The number of halogens is 1. The van der Waals surface area contributed by atoms with E-state index in [1.54, 1.807) is 12.1 Å². The van der Waals surface area contributed by atoms with Crippen LogP contribution in [0.1, 0.15) is 24.8 Å². The van der Waals surface area contributed by atoms with Gasteiger partial charge in [-0.05, 0) is 37.0 Å². The summed E-state index contributed by atoms with van der Waals surface area (Å²) in [7, 11) is -4.16. The number of benzene rings is 1. The Morgan fingerprint density at radius 2 is 1.77 bits per heavy atom. The highest BCUT2D eigenvalue weighted by Gasteiger charge is 2.56. The number of hydrogen-bond donors (Lipinski definition) is 3. The van der Waals surface area contributed by atoms with Crippen molar-refractivity contribution in [1.82, 2.24) is 9.21 Å². The molecule has 1 aromatic carbocycles. The zero-order valence-corrected chi connectivity index (χ0v) is 17.6. The fraction of sp³-hybridized carbons (Fsp3) is 0.579. The van der Waals surface area contributed by atoms with Crippen molar-refractivity contribution < 1.29 is 37.3 Å². The molecule has 0 aromatic heterocycles. The first-order chi connectivity index (χ1) is 14.5. The SMILES string of the molecule is NC(=O)N1CCC(S(=O)(=O)N2CCC(OCc3ccc(F)cc3)CC2)C(O)(C(=O)O)C1. The average molecular weight is 459 g/mol. The van der Waals surface area contributed by atoms with Crippen molar-refractivity contribution in [3.8, 4) is 0 Å². The standard InChI is InChI=1S/C19H26FN3O7S/c20-14-3-1-13(2-4-14)11-30-15-5-9-23(10-6-15)31(28,29)16-7-8-22(18(21)26)12-19(16,27)17(24)25/h1-4,15-16,27H,5-12H2,(H2,21,26)(H,24,25). The monoisotopic (exact) mass is 459 g/mol. The van der Waals surface area contributed by atoms with Gasteiger partial charge in [-0.3, -0.25) is 0 Å². The lowest BCUT2D eigenvalue weighted by molar-refractivity contribution is -0.162. The molecule has 2 unspecified atom stereocenters. The van der Waals surface area contributed by atoms with Gasteiger partial charge in [0.2, 0.25) is 10.0 Å². The van der Waals surface area contributed by atoms with E-state index in [4.69, 9.17) is 10.5 Å². The van der Waals surface area contributed by atoms with Crippen LogP contribution in [0, 0.1) is 5.82 Å². The van der Waals surface area contributed by atoms with Crippen molar-refractivity contribution in [3.05, 3.63) is 35.6 Å². The smallest absolute Gasteiger partial charge is 0.339 e. The van der Waals surface area contributed by atoms with Gasteiger partial charge in [0.15, 0.2) is 5.60 Å². The van der Waals surface area contributed by atoms with Crippen molar-refractivity contribution in [2.75, 3.05) is 26.2 Å². The van der Waals surface area contributed by atoms with E-state index in [-0.39, 0.29) is 44.6 Å². The van der Waals surface area contributed by atoms with Crippen LogP contribution in [0.3, 0.4) is 0 Å². The fourth-order valence-corrected chi connectivity index (χ4v) is 6.15. The summed E-state index contributed by atoms with van der Waals surface area (Å²) in [6.45, 7) is -0.267. The van der Waals surface area contributed by atoms with Gasteiger partial charge in [-0.25, -0.2) is 26.7 Å². The Morgan fingerprint density at radius 3 is 2.32 bits per heavy atom. The molecule has 2 amide bonds. The van der Waals surface area contributed by atoms with E-state index < -0.39 is 39.4 Å². The normalized spacial score (nSPS) is 26.0. The molecule has 2 heterocycles. The van der Waals surface area contributed by atoms with Gasteiger partial charge in [0, 0.05) is 19.6 Å². The number of amides is 2. The molecule has 2 saturated heterocycles. The summed E-state index contributed by atoms with van der Waals surface area (Å²) in [4.78, 5) is 24.0. The van der Waals surface area contributed by atoms with Gasteiger partial charge in [0.25, 0.3) is 0 Å². The third-order valence-corrected chi connectivity index (χ3v) is 8.26. The van der Waals surface area contributed by atoms with Gasteiger partial charge in [-0.2, -0.15) is 0 Å². The number of aliphatic hydroxyl groups is 1. The number of primary amides is 1. The van der Waals surface area contributed by atoms with Gasteiger partial charge in [-0.15, -0.1) is 0 Å². The van der Waals surface area contributed by atoms with Crippen LogP contribution in [0.5, 0.6) is 0 Å². The first kappa shape index (κ1) is 23.4. The molecular formula is C19H26FN3O7S. The Hall–Kier alpha value is -2.28. The minimum atomic E-state index is -4.16. The number of nitrogens with zero attached hydrogens (tertiary/aromatic N) is 2. The molecule has 0 spiro atoms. The highest BCUT2D eigenvalue weighted by molar-refractivity contribution is 7.89. The summed E-state index contributed by atoms with van der Waals surface area (Å²) in [5.74, 6) is -2.06. The van der Waals surface area contributed by atoms with E-state index in [0.29, 0.717) is 12.8 Å². The number of hydrogen-bond acceptors (Lipinski definition) is 6. The number of carboxylic acid groups (broad SMARTS) is 1. The number of carbonyl (C=O) groups excluding carboxylic acids is 1. The van der Waals surface area contributed by atoms with Crippen LogP contribution in [0.4, 0.5) is 9.18 Å². The van der Waals surface area contributed by atoms with Crippen LogP contribution in [-0.2, 0) is 26.2 Å². The average Bonchev–Trinajstić information content (AvgIpc) is 2.73. The predicted octanol–water partition coefficient (Wildman–Crippen LogP) is 0.105. The van der Waals surface area contributed by atoms with Crippen molar-refractivity contribution in [2.24, 2.45) is 5.73 Å². The summed E-state index contributed by atoms with van der Waals surface area (Å²) >= 11 is 0. The highest BCUT2D eigenvalue weighted by Crippen LogP contribution is 2.32. The number of ether oxygens (including phenoxy) is 1. The number of carbonyl (C=O) groups is 2. The Morgan fingerprint density at radius 1 is 1.16 bits per heavy atom. The quantitative estimate of drug-likeness (QED) is 0.546. The lowest BCUT2D eigenvalue weighted by Gasteiger charge is -2.43. The minimum Gasteiger partial charge on any atom is -0.479 e. The lowest BCUT2D eigenvalue weighted by atomic mass is 9.92. The molecule has 12 heteroatoms. The maximum absolute atomic E-state index is 13.1. The van der Waals surface area contributed by atoms with Crippen LogP contribution in [0.2, 0.25) is 0 Å². The molecule has 2 atom stereocenters. The number of aliphatic carboxylic acids is 1. The number of piperidine rings is 2. The molecule has 10 nitrogen and oxygen atoms in total. The number of urea groups is 1. The number of carboxylic acids is 1. The summed E-state index contributed by atoms with van der Waals surface area (Å²) in [5.41, 5.74) is 3.31. The van der Waals surface area contributed by atoms with Crippen molar-refractivity contribution >= 4 is 22.0 Å². The summed E-state index contributed by atoms with van der Waals surface area (Å²) in [5, 5.41) is 18.6. The van der Waals surface area contributed by atoms with Gasteiger partial charge in [0.05, 0.1) is 19.3 Å². The zero-order chi connectivity index (χ0) is 22.8. The minimum absolute atomic E-state index is 0.0634. The van der Waals surface area contributed by atoms with E-state index in [0.717, 1.165) is 10.5 Å². The van der Waals surface area contributed by atoms with Crippen molar-refractivity contribution in [3.63, 3.8) is 0 Å². The maximum Gasteiger partial charge on any atom is 0.339 e. The van der Waals surface area contributed by atoms with E-state index in [9.17, 15) is 32.6 Å². The molecule has 0 saturated carbocycles. The molecule has 2 fully saturated rings. The van der Waals surface area contributed by atoms with Gasteiger partial charge >= 0.3 is 12.0 Å². The molecular weight excluding hydrogens is 433 g/mol. The van der Waals surface area contributed by atoms with E-state index in [1.807, 2.05) is 0 Å². The number of rotatable bonds is 6. The van der Waals surface area contributed by atoms with Crippen molar-refractivity contribution in [2.45, 2.75) is 42.8 Å². The Labute approximate surface area is 179 Å². The number of nitrogens with two attached hydrogens (primary N) is 1. The first-order valence-electron chi connectivity index (χ1n) is 9.89. The first-order valence-corrected chi connectivity index (χ1v) is 11.4. The Balaban J connectivity index is 1.62. The number of likely N-dealkylation sites (tertiary alicyclic amines) is 1. The molecule has 0 bridgehead atoms. The summed E-state index contributed by atoms with van der Waals surface area (Å²) < 4.78 is 46.2. The molecule has 0 aliphatic carbocycles. The second kappa shape index (κ2) is 9.07. The predicted molar refractivity (Wildman–Crippen MR) is 107 cm³/mol. The fourth-order valence-electron chi connectivity index (χ4n) is 4.00. The summed E-state index contributed by atoms with van der Waals surface area (Å²) in [6.07, 6.45) is 0.347. The second-order valence-corrected chi connectivity index (χ2v) is 9.96. The van der Waals surface area contributed by atoms with Crippen LogP contribution >= 0.6 is 0 Å². The Kier molecular flexibility index (Phi) is 6.84. The molecule has 2 aliphatic heterocycles. The third kappa shape index (κ3) is 4.97. The molecule has 0 radical (unpaired) electrons. The second-order valence-electron chi connectivity index (χ2n) is 7.85. The van der Waals surface area contributed by atoms with Crippen molar-refractivity contribution in [1.29, 1.82) is 0 Å². The Bertz CT molecular complexity index is 919. The van der Waals surface area contributed by atoms with E-state index >= 15 is 0 Å². The van der Waals surface area contributed by atoms with Gasteiger partial charge < -0.3 is 25.6 Å². The number of sulfonamides is 1. The van der Waals surface area contributed by atoms with Crippen LogP contribution in [0.25, 0.3) is 0 Å². The van der Waals surface area contributed by atoms with Gasteiger partial charge in [0.1, 0.15) is 11.1 Å². The molecule has 31 heavy (non-hydrogen) atoms. The van der Waals surface area contributed by atoms with Crippen LogP contribution in [0.15, 0.2) is 24.3 Å².